The minimum atomic E-state index is 0. The Hall–Kier alpha value is 0.337. The molecular formula is C6H9Li. The van der Waals surface area contributed by atoms with Crippen LogP contribution in [0.4, 0.5) is 0 Å². The van der Waals surface area contributed by atoms with E-state index >= 15 is 0 Å². The van der Waals surface area contributed by atoms with Gasteiger partial charge in [-0.05, 0) is 0 Å². The Morgan fingerprint density at radius 3 is 2.29 bits per heavy atom. The fourth-order valence-electron chi connectivity index (χ4n) is 0.678. The van der Waals surface area contributed by atoms with Crippen molar-refractivity contribution in [2.45, 2.75) is 25.7 Å². The van der Waals surface area contributed by atoms with Gasteiger partial charge in [0.1, 0.15) is 0 Å². The number of hydrogen-bond donors (Lipinski definition) is 0. The zero-order valence-corrected chi connectivity index (χ0v) is 4.91. The van der Waals surface area contributed by atoms with E-state index in [2.05, 4.69) is 12.2 Å². The zero-order valence-electron chi connectivity index (χ0n) is 4.91. The van der Waals surface area contributed by atoms with E-state index in [4.69, 9.17) is 0 Å². The molecule has 0 aromatic rings. The van der Waals surface area contributed by atoms with Gasteiger partial charge in [-0.2, -0.15) is 6.42 Å². The van der Waals surface area contributed by atoms with Crippen molar-refractivity contribution in [3.8, 4) is 0 Å². The molecule has 34 valence electrons. The monoisotopic (exact) mass is 88.1 g/mol. The molecule has 0 nitrogen and oxygen atoms in total. The van der Waals surface area contributed by atoms with Crippen molar-refractivity contribution in [1.82, 2.24) is 0 Å². The fourth-order valence-corrected chi connectivity index (χ4v) is 0.678. The first-order valence-corrected chi connectivity index (χ1v) is 2.55. The van der Waals surface area contributed by atoms with Gasteiger partial charge in [-0.3, -0.25) is 6.08 Å². The summed E-state index contributed by atoms with van der Waals surface area (Å²) < 4.78 is 0. The molecule has 0 aliphatic heterocycles. The molecule has 7 heavy (non-hydrogen) atoms. The third-order valence-corrected chi connectivity index (χ3v) is 1.06. The topological polar surface area (TPSA) is 0 Å². The van der Waals surface area contributed by atoms with E-state index in [9.17, 15) is 0 Å². The molecule has 0 saturated heterocycles. The average Bonchev–Trinajstić information content (AvgIpc) is 1.72. The maximum atomic E-state index is 3.16. The third kappa shape index (κ3) is 2.97. The van der Waals surface area contributed by atoms with Crippen molar-refractivity contribution in [3.05, 3.63) is 12.2 Å². The Morgan fingerprint density at radius 2 is 2.14 bits per heavy atom. The molecular weight excluding hydrogens is 79.0 g/mol. The van der Waals surface area contributed by atoms with Crippen LogP contribution in [0.25, 0.3) is 0 Å². The van der Waals surface area contributed by atoms with Crippen LogP contribution in [0.15, 0.2) is 6.08 Å². The molecule has 0 heterocycles. The SMILES string of the molecule is [C-]1=CCCCC1.[Li+]. The Kier molecular flexibility index (Phi) is 4.71. The third-order valence-electron chi connectivity index (χ3n) is 1.06. The van der Waals surface area contributed by atoms with Gasteiger partial charge < -0.3 is 6.08 Å². The summed E-state index contributed by atoms with van der Waals surface area (Å²) in [5.41, 5.74) is 0. The number of rotatable bonds is 0. The van der Waals surface area contributed by atoms with Crippen LogP contribution in [-0.2, 0) is 0 Å². The Bertz CT molecular complexity index is 49.2. The molecule has 0 unspecified atom stereocenters. The van der Waals surface area contributed by atoms with Gasteiger partial charge in [0.05, 0.1) is 0 Å². The molecule has 1 rings (SSSR count). The molecule has 0 bridgehead atoms. The van der Waals surface area contributed by atoms with Crippen molar-refractivity contribution in [2.75, 3.05) is 0 Å². The molecule has 0 amide bonds. The second kappa shape index (κ2) is 4.50. The fraction of sp³-hybridized carbons (Fsp3) is 0.667. The van der Waals surface area contributed by atoms with E-state index in [1.165, 1.54) is 25.7 Å². The summed E-state index contributed by atoms with van der Waals surface area (Å²) in [6.45, 7) is 0. The molecule has 0 radical (unpaired) electrons. The second-order valence-electron chi connectivity index (χ2n) is 1.65. The summed E-state index contributed by atoms with van der Waals surface area (Å²) in [5, 5.41) is 0. The first kappa shape index (κ1) is 7.34. The molecule has 0 aromatic heterocycles. The van der Waals surface area contributed by atoms with Gasteiger partial charge in [-0.1, -0.05) is 19.3 Å². The number of allylic oxidation sites excluding steroid dienone is 2. The summed E-state index contributed by atoms with van der Waals surface area (Å²) in [6.07, 6.45) is 10.5. The van der Waals surface area contributed by atoms with Gasteiger partial charge in [0.2, 0.25) is 0 Å². The molecule has 0 atom stereocenters. The first-order valence-electron chi connectivity index (χ1n) is 2.55. The van der Waals surface area contributed by atoms with Gasteiger partial charge in [0, 0.05) is 0 Å². The van der Waals surface area contributed by atoms with E-state index in [0.29, 0.717) is 0 Å². The predicted octanol–water partition coefficient (Wildman–Crippen LogP) is -1.08. The maximum absolute atomic E-state index is 3.16. The van der Waals surface area contributed by atoms with Gasteiger partial charge in [-0.25, -0.2) is 0 Å². The second-order valence-corrected chi connectivity index (χ2v) is 1.65. The maximum Gasteiger partial charge on any atom is 1.00 e. The minimum Gasteiger partial charge on any atom is -0.501 e. The summed E-state index contributed by atoms with van der Waals surface area (Å²) in [7, 11) is 0. The minimum absolute atomic E-state index is 0. The summed E-state index contributed by atoms with van der Waals surface area (Å²) in [5.74, 6) is 0. The molecule has 0 N–H and O–H groups in total. The van der Waals surface area contributed by atoms with Crippen LogP contribution < -0.4 is 18.9 Å². The van der Waals surface area contributed by atoms with E-state index in [1.807, 2.05) is 0 Å². The van der Waals surface area contributed by atoms with Crippen LogP contribution in [0.1, 0.15) is 25.7 Å². The summed E-state index contributed by atoms with van der Waals surface area (Å²) in [6, 6.07) is 0. The largest absolute Gasteiger partial charge is 1.00 e. The van der Waals surface area contributed by atoms with Gasteiger partial charge in [-0.15, -0.1) is 0 Å². The summed E-state index contributed by atoms with van der Waals surface area (Å²) in [4.78, 5) is 0. The van der Waals surface area contributed by atoms with Crippen molar-refractivity contribution >= 4 is 0 Å². The Balaban J connectivity index is 0.000000360. The van der Waals surface area contributed by atoms with Crippen LogP contribution in [0.5, 0.6) is 0 Å². The van der Waals surface area contributed by atoms with Gasteiger partial charge in [0.25, 0.3) is 0 Å². The smallest absolute Gasteiger partial charge is 0.501 e. The van der Waals surface area contributed by atoms with Crippen LogP contribution in [0, 0.1) is 6.08 Å². The molecule has 0 spiro atoms. The van der Waals surface area contributed by atoms with E-state index in [1.54, 1.807) is 0 Å². The molecule has 0 fully saturated rings. The number of hydrogen-bond acceptors (Lipinski definition) is 0. The van der Waals surface area contributed by atoms with E-state index in [-0.39, 0.29) is 18.9 Å². The zero-order chi connectivity index (χ0) is 4.24. The van der Waals surface area contributed by atoms with Crippen molar-refractivity contribution < 1.29 is 18.9 Å². The Labute approximate surface area is 57.2 Å². The van der Waals surface area contributed by atoms with Crippen molar-refractivity contribution in [1.29, 1.82) is 0 Å². The van der Waals surface area contributed by atoms with Crippen molar-refractivity contribution in [2.24, 2.45) is 0 Å². The van der Waals surface area contributed by atoms with E-state index < -0.39 is 0 Å². The normalized spacial score (nSPS) is 18.3. The van der Waals surface area contributed by atoms with E-state index in [0.717, 1.165) is 0 Å². The van der Waals surface area contributed by atoms with Crippen LogP contribution >= 0.6 is 0 Å². The van der Waals surface area contributed by atoms with Crippen LogP contribution in [-0.4, -0.2) is 0 Å². The average molecular weight is 88.1 g/mol. The first-order chi connectivity index (χ1) is 3.00. The van der Waals surface area contributed by atoms with Gasteiger partial charge in [0.15, 0.2) is 0 Å². The molecule has 1 heteroatoms. The molecule has 1 aliphatic rings. The molecule has 1 aliphatic carbocycles. The quantitative estimate of drug-likeness (QED) is 0.261. The Morgan fingerprint density at radius 1 is 1.29 bits per heavy atom. The standard InChI is InChI=1S/C6H9.Li/c1-2-4-6-5-3-1;/h1H,2,4-6H2;/q-1;+1. The van der Waals surface area contributed by atoms with Crippen LogP contribution in [0.3, 0.4) is 0 Å². The van der Waals surface area contributed by atoms with Crippen molar-refractivity contribution in [3.63, 3.8) is 0 Å². The van der Waals surface area contributed by atoms with Crippen LogP contribution in [0.2, 0.25) is 0 Å². The summed E-state index contributed by atoms with van der Waals surface area (Å²) >= 11 is 0. The van der Waals surface area contributed by atoms with Gasteiger partial charge >= 0.3 is 18.9 Å². The molecule has 0 saturated carbocycles. The molecule has 0 aromatic carbocycles. The predicted molar refractivity (Wildman–Crippen MR) is 26.3 cm³/mol.